The summed E-state index contributed by atoms with van der Waals surface area (Å²) < 4.78 is 10.9. The van der Waals surface area contributed by atoms with Gasteiger partial charge in [0.2, 0.25) is 0 Å². The average molecular weight is 232 g/mol. The van der Waals surface area contributed by atoms with E-state index in [2.05, 4.69) is 0 Å². The molecule has 0 fully saturated rings. The van der Waals surface area contributed by atoms with Gasteiger partial charge in [0.15, 0.2) is 11.5 Å². The van der Waals surface area contributed by atoms with Crippen LogP contribution < -0.4 is 15.2 Å². The highest BCUT2D eigenvalue weighted by Gasteiger charge is 2.03. The number of hydrogen-bond acceptors (Lipinski definition) is 3. The van der Waals surface area contributed by atoms with E-state index in [-0.39, 0.29) is 12.4 Å². The second-order valence-corrected chi connectivity index (χ2v) is 3.02. The highest BCUT2D eigenvalue weighted by molar-refractivity contribution is 5.85. The first-order chi connectivity index (χ1) is 6.77. The molecule has 0 radical (unpaired) electrons. The molecule has 1 aromatic carbocycles. The topological polar surface area (TPSA) is 44.5 Å². The van der Waals surface area contributed by atoms with Gasteiger partial charge < -0.3 is 15.2 Å². The number of nitrogens with two attached hydrogens (primary N) is 1. The quantitative estimate of drug-likeness (QED) is 0.845. The molecular weight excluding hydrogens is 214 g/mol. The molecule has 0 aliphatic heterocycles. The largest absolute Gasteiger partial charge is 0.490 e. The summed E-state index contributed by atoms with van der Waals surface area (Å²) in [4.78, 5) is 0. The van der Waals surface area contributed by atoms with Gasteiger partial charge in [-0.1, -0.05) is 6.07 Å². The number of rotatable bonds is 5. The maximum Gasteiger partial charge on any atom is 0.161 e. The molecule has 4 heteroatoms. The highest BCUT2D eigenvalue weighted by atomic mass is 35.5. The summed E-state index contributed by atoms with van der Waals surface area (Å²) >= 11 is 0. The molecule has 1 rings (SSSR count). The first-order valence-electron chi connectivity index (χ1n) is 4.84. The van der Waals surface area contributed by atoms with Gasteiger partial charge in [-0.2, -0.15) is 0 Å². The molecule has 0 aromatic heterocycles. The third kappa shape index (κ3) is 4.40. The van der Waals surface area contributed by atoms with E-state index in [0.717, 1.165) is 17.1 Å². The van der Waals surface area contributed by atoms with Gasteiger partial charge in [0.25, 0.3) is 0 Å². The van der Waals surface area contributed by atoms with E-state index in [9.17, 15) is 0 Å². The monoisotopic (exact) mass is 231 g/mol. The van der Waals surface area contributed by atoms with Crippen molar-refractivity contribution in [3.05, 3.63) is 23.8 Å². The lowest BCUT2D eigenvalue weighted by molar-refractivity contribution is 0.282. The first-order valence-corrected chi connectivity index (χ1v) is 4.84. The van der Waals surface area contributed by atoms with Crippen molar-refractivity contribution in [3.63, 3.8) is 0 Å². The Morgan fingerprint density at radius 2 is 1.93 bits per heavy atom. The molecule has 0 saturated heterocycles. The van der Waals surface area contributed by atoms with Crippen molar-refractivity contribution in [1.29, 1.82) is 0 Å². The van der Waals surface area contributed by atoms with Crippen molar-refractivity contribution < 1.29 is 9.47 Å². The maximum absolute atomic E-state index is 5.45. The van der Waals surface area contributed by atoms with Crippen LogP contribution in [0.4, 0.5) is 0 Å². The van der Waals surface area contributed by atoms with Crippen LogP contribution in [0.1, 0.15) is 12.5 Å². The summed E-state index contributed by atoms with van der Waals surface area (Å²) in [5.74, 6) is 1.56. The Morgan fingerprint density at radius 1 is 1.20 bits per heavy atom. The summed E-state index contributed by atoms with van der Waals surface area (Å²) in [6.07, 6.45) is 0. The SMILES string of the molecule is CCOc1cc(C)ccc1OCCN.Cl. The molecule has 0 unspecified atom stereocenters. The van der Waals surface area contributed by atoms with Gasteiger partial charge in [0.1, 0.15) is 6.61 Å². The second-order valence-electron chi connectivity index (χ2n) is 3.02. The molecule has 1 aromatic rings. The van der Waals surface area contributed by atoms with Gasteiger partial charge in [-0.15, -0.1) is 12.4 Å². The summed E-state index contributed by atoms with van der Waals surface area (Å²) in [5.41, 5.74) is 6.53. The minimum absolute atomic E-state index is 0. The van der Waals surface area contributed by atoms with Crippen LogP contribution in [-0.4, -0.2) is 19.8 Å². The molecule has 0 heterocycles. The molecular formula is C11H18ClNO2. The predicted molar refractivity (Wildman–Crippen MR) is 64.1 cm³/mol. The van der Waals surface area contributed by atoms with Crippen molar-refractivity contribution in [2.75, 3.05) is 19.8 Å². The van der Waals surface area contributed by atoms with Gasteiger partial charge >= 0.3 is 0 Å². The van der Waals surface area contributed by atoms with E-state index in [1.165, 1.54) is 0 Å². The van der Waals surface area contributed by atoms with Gasteiger partial charge in [0.05, 0.1) is 6.61 Å². The van der Waals surface area contributed by atoms with Crippen LogP contribution in [0.2, 0.25) is 0 Å². The van der Waals surface area contributed by atoms with Crippen molar-refractivity contribution >= 4 is 12.4 Å². The number of aryl methyl sites for hydroxylation is 1. The van der Waals surface area contributed by atoms with E-state index < -0.39 is 0 Å². The van der Waals surface area contributed by atoms with Crippen LogP contribution >= 0.6 is 12.4 Å². The van der Waals surface area contributed by atoms with Crippen LogP contribution in [0.25, 0.3) is 0 Å². The Labute approximate surface area is 97.0 Å². The van der Waals surface area contributed by atoms with Crippen LogP contribution in [0.3, 0.4) is 0 Å². The standard InChI is InChI=1S/C11H17NO2.ClH/c1-3-13-11-8-9(2)4-5-10(11)14-7-6-12;/h4-5,8H,3,6-7,12H2,1-2H3;1H. The van der Waals surface area contributed by atoms with Crippen molar-refractivity contribution in [2.24, 2.45) is 5.73 Å². The minimum Gasteiger partial charge on any atom is -0.490 e. The molecule has 0 saturated carbocycles. The van der Waals surface area contributed by atoms with Crippen molar-refractivity contribution in [2.45, 2.75) is 13.8 Å². The van der Waals surface area contributed by atoms with E-state index in [4.69, 9.17) is 15.2 Å². The zero-order valence-corrected chi connectivity index (χ0v) is 9.97. The molecule has 0 aliphatic carbocycles. The number of benzene rings is 1. The zero-order chi connectivity index (χ0) is 10.4. The molecule has 3 nitrogen and oxygen atoms in total. The fourth-order valence-corrected chi connectivity index (χ4v) is 1.17. The third-order valence-electron chi connectivity index (χ3n) is 1.77. The Balaban J connectivity index is 0.00000196. The summed E-state index contributed by atoms with van der Waals surface area (Å²) in [5, 5.41) is 0. The van der Waals surface area contributed by atoms with Gasteiger partial charge in [-0.05, 0) is 31.5 Å². The molecule has 86 valence electrons. The van der Waals surface area contributed by atoms with Crippen LogP contribution in [0.15, 0.2) is 18.2 Å². The fraction of sp³-hybridized carbons (Fsp3) is 0.455. The van der Waals surface area contributed by atoms with Gasteiger partial charge in [0, 0.05) is 6.54 Å². The van der Waals surface area contributed by atoms with Gasteiger partial charge in [-0.25, -0.2) is 0 Å². The van der Waals surface area contributed by atoms with Crippen molar-refractivity contribution in [1.82, 2.24) is 0 Å². The van der Waals surface area contributed by atoms with E-state index >= 15 is 0 Å². The molecule has 0 atom stereocenters. The molecule has 15 heavy (non-hydrogen) atoms. The highest BCUT2D eigenvalue weighted by Crippen LogP contribution is 2.27. The molecule has 2 N–H and O–H groups in total. The Kier molecular flexibility index (Phi) is 6.92. The number of hydrogen-bond donors (Lipinski definition) is 1. The van der Waals surface area contributed by atoms with Crippen LogP contribution in [0, 0.1) is 6.92 Å². The average Bonchev–Trinajstić information content (AvgIpc) is 2.17. The molecule has 0 bridgehead atoms. The minimum atomic E-state index is 0. The van der Waals surface area contributed by atoms with E-state index in [0.29, 0.717) is 19.8 Å². The molecule has 0 spiro atoms. The Morgan fingerprint density at radius 3 is 2.53 bits per heavy atom. The maximum atomic E-state index is 5.45. The Hall–Kier alpha value is -0.930. The summed E-state index contributed by atoms with van der Waals surface area (Å²) in [6.45, 7) is 5.65. The summed E-state index contributed by atoms with van der Waals surface area (Å²) in [6, 6.07) is 5.87. The molecule has 0 aliphatic rings. The second kappa shape index (κ2) is 7.37. The van der Waals surface area contributed by atoms with Crippen molar-refractivity contribution in [3.8, 4) is 11.5 Å². The zero-order valence-electron chi connectivity index (χ0n) is 9.16. The number of ether oxygens (including phenoxy) is 2. The van der Waals surface area contributed by atoms with E-state index in [1.54, 1.807) is 0 Å². The van der Waals surface area contributed by atoms with Gasteiger partial charge in [-0.3, -0.25) is 0 Å². The third-order valence-corrected chi connectivity index (χ3v) is 1.77. The summed E-state index contributed by atoms with van der Waals surface area (Å²) in [7, 11) is 0. The lowest BCUT2D eigenvalue weighted by atomic mass is 10.2. The Bertz CT molecular complexity index is 292. The molecule has 0 amide bonds. The lowest BCUT2D eigenvalue weighted by Gasteiger charge is -2.11. The number of halogens is 1. The normalized spacial score (nSPS) is 9.27. The predicted octanol–water partition coefficient (Wildman–Crippen LogP) is 2.15. The lowest BCUT2D eigenvalue weighted by Crippen LogP contribution is -2.11. The smallest absolute Gasteiger partial charge is 0.161 e. The first kappa shape index (κ1) is 14.1. The fourth-order valence-electron chi connectivity index (χ4n) is 1.17. The van der Waals surface area contributed by atoms with Crippen LogP contribution in [-0.2, 0) is 0 Å². The van der Waals surface area contributed by atoms with E-state index in [1.807, 2.05) is 32.0 Å². The van der Waals surface area contributed by atoms with Crippen LogP contribution in [0.5, 0.6) is 11.5 Å².